The molecule has 4 aliphatic rings. The summed E-state index contributed by atoms with van der Waals surface area (Å²) in [6.07, 6.45) is -1.19. The number of aliphatic hydroxyl groups is 1. The molecule has 13 heteroatoms. The third kappa shape index (κ3) is 4.68. The number of ketones is 4. The summed E-state index contributed by atoms with van der Waals surface area (Å²) in [6.45, 7) is 0.843. The van der Waals surface area contributed by atoms with Gasteiger partial charge in [0.2, 0.25) is 5.91 Å². The van der Waals surface area contributed by atoms with Gasteiger partial charge < -0.3 is 20.8 Å². The lowest BCUT2D eigenvalue weighted by Gasteiger charge is -2.52. The Balaban J connectivity index is 1.57. The molecule has 43 heavy (non-hydrogen) atoms. The summed E-state index contributed by atoms with van der Waals surface area (Å²) < 4.78 is 26.1. The second-order valence-corrected chi connectivity index (χ2v) is 12.6. The number of benzene rings is 1. The van der Waals surface area contributed by atoms with Gasteiger partial charge in [0.1, 0.15) is 5.75 Å². The Kier molecular flexibility index (Phi) is 7.81. The first-order valence-corrected chi connectivity index (χ1v) is 14.3. The van der Waals surface area contributed by atoms with E-state index in [-0.39, 0.29) is 49.1 Å². The van der Waals surface area contributed by atoms with E-state index in [1.165, 1.54) is 19.0 Å². The van der Waals surface area contributed by atoms with E-state index >= 15 is 0 Å². The zero-order chi connectivity index (χ0) is 31.7. The number of phenols is 1. The number of carbonyl (C=O) groups excluding carboxylic acids is 5. The summed E-state index contributed by atoms with van der Waals surface area (Å²) >= 11 is 0. The van der Waals surface area contributed by atoms with E-state index in [2.05, 4.69) is 0 Å². The molecular weight excluding hydrogens is 566 g/mol. The Morgan fingerprint density at radius 1 is 1.09 bits per heavy atom. The lowest BCUT2D eigenvalue weighted by Crippen LogP contribution is -2.74. The molecule has 4 N–H and O–H groups in total. The molecule has 1 aromatic rings. The number of rotatable bonds is 5. The van der Waals surface area contributed by atoms with E-state index in [9.17, 15) is 43.0 Å². The van der Waals surface area contributed by atoms with E-state index < -0.39 is 70.4 Å². The fourth-order valence-corrected chi connectivity index (χ4v) is 7.64. The molecule has 0 radical (unpaired) electrons. The smallest absolute Gasteiger partial charge is 0.269 e. The summed E-state index contributed by atoms with van der Waals surface area (Å²) in [5.74, 6) is -11.0. The van der Waals surface area contributed by atoms with Crippen molar-refractivity contribution in [2.24, 2.45) is 29.4 Å². The van der Waals surface area contributed by atoms with Crippen LogP contribution in [0.25, 0.3) is 0 Å². The van der Waals surface area contributed by atoms with Crippen LogP contribution >= 0.6 is 0 Å². The molecule has 1 aromatic carbocycles. The number of carbonyl (C=O) groups is 5. The fraction of sp³-hybridized carbons (Fsp3) is 0.567. The first kappa shape index (κ1) is 30.9. The van der Waals surface area contributed by atoms with Gasteiger partial charge in [0.25, 0.3) is 6.08 Å². The number of phenolic OH excluding ortho intramolecular Hbond substituents is 1. The van der Waals surface area contributed by atoms with Crippen LogP contribution in [0, 0.1) is 23.7 Å². The minimum atomic E-state index is -2.79. The van der Waals surface area contributed by atoms with Crippen LogP contribution in [-0.4, -0.2) is 102 Å². The van der Waals surface area contributed by atoms with Gasteiger partial charge in [-0.05, 0) is 62.9 Å². The third-order valence-corrected chi connectivity index (χ3v) is 9.72. The van der Waals surface area contributed by atoms with Gasteiger partial charge in [-0.1, -0.05) is 0 Å². The summed E-state index contributed by atoms with van der Waals surface area (Å²) in [5.41, 5.74) is 4.10. The van der Waals surface area contributed by atoms with Gasteiger partial charge in [-0.15, -0.1) is 0 Å². The van der Waals surface area contributed by atoms with Crippen LogP contribution in [0.2, 0.25) is 0 Å². The zero-order valence-electron chi connectivity index (χ0n) is 24.5. The number of likely N-dealkylation sites (N-methyl/N-ethyl adjacent to an activating group) is 1. The van der Waals surface area contributed by atoms with E-state index in [1.54, 1.807) is 25.1 Å². The van der Waals surface area contributed by atoms with Gasteiger partial charge in [-0.3, -0.25) is 33.8 Å². The lowest BCUT2D eigenvalue weighted by molar-refractivity contribution is -0.181. The lowest BCUT2D eigenvalue weighted by atomic mass is 9.52. The standard InChI is InChI=1S/C30H36F2N4O7/c1-34(2)18-11-15(12-36-7-5-13(6-8-36)28(31)32)23(37)20-16(18)9-14-10-17-22(35(3)4)25(39)21(29(33)42)27(41)30(17,43)26(40)19(14)24(20)38/h11,14,17,19,21-22,37,43H,5-10,12H2,1-4H3,(H2,33,42)/t14-,17-,19?,21?,22-,30-/m0/s1. The molecule has 0 bridgehead atoms. The molecule has 0 spiro atoms. The molecule has 1 saturated heterocycles. The minimum absolute atomic E-state index is 0.0337. The number of hydrogen-bond donors (Lipinski definition) is 3. The maximum absolute atomic E-state index is 14.1. The summed E-state index contributed by atoms with van der Waals surface area (Å²) in [4.78, 5) is 72.2. The van der Waals surface area contributed by atoms with E-state index in [1.807, 2.05) is 4.90 Å². The normalized spacial score (nSPS) is 31.1. The van der Waals surface area contributed by atoms with E-state index in [0.29, 0.717) is 29.9 Å². The number of likely N-dealkylation sites (tertiary alicyclic amines) is 1. The molecule has 3 fully saturated rings. The van der Waals surface area contributed by atoms with Crippen LogP contribution in [0.3, 0.4) is 0 Å². The van der Waals surface area contributed by atoms with Crippen LogP contribution in [-0.2, 0) is 32.1 Å². The average Bonchev–Trinajstić information content (AvgIpc) is 2.92. The predicted octanol–water partition coefficient (Wildman–Crippen LogP) is 0.679. The van der Waals surface area contributed by atoms with Crippen LogP contribution in [0.15, 0.2) is 17.7 Å². The number of hydrogen-bond acceptors (Lipinski definition) is 10. The highest BCUT2D eigenvalue weighted by molar-refractivity contribution is 6.32. The van der Waals surface area contributed by atoms with Crippen molar-refractivity contribution in [1.29, 1.82) is 0 Å². The Hall–Kier alpha value is -3.55. The average molecular weight is 603 g/mol. The molecule has 2 unspecified atom stereocenters. The Bertz CT molecular complexity index is 1460. The van der Waals surface area contributed by atoms with Crippen LogP contribution in [0.4, 0.5) is 14.5 Å². The summed E-state index contributed by atoms with van der Waals surface area (Å²) in [7, 11) is 6.60. The highest BCUT2D eigenvalue weighted by atomic mass is 19.3. The van der Waals surface area contributed by atoms with Crippen molar-refractivity contribution in [2.75, 3.05) is 46.2 Å². The second-order valence-electron chi connectivity index (χ2n) is 12.6. The highest BCUT2D eigenvalue weighted by Gasteiger charge is 2.69. The number of Topliss-reactive ketones (excluding diaryl/α,β-unsaturated/α-hetero) is 4. The van der Waals surface area contributed by atoms with Gasteiger partial charge in [0.05, 0.1) is 17.5 Å². The van der Waals surface area contributed by atoms with Crippen molar-refractivity contribution >= 4 is 34.7 Å². The van der Waals surface area contributed by atoms with Gasteiger partial charge in [0, 0.05) is 50.9 Å². The summed E-state index contributed by atoms with van der Waals surface area (Å²) in [6, 6.07) is 0.578. The predicted molar refractivity (Wildman–Crippen MR) is 149 cm³/mol. The van der Waals surface area contributed by atoms with Crippen LogP contribution in [0.1, 0.15) is 40.7 Å². The van der Waals surface area contributed by atoms with Crippen molar-refractivity contribution in [2.45, 2.75) is 43.9 Å². The first-order chi connectivity index (χ1) is 20.1. The van der Waals surface area contributed by atoms with Gasteiger partial charge in [0.15, 0.2) is 34.7 Å². The molecule has 1 aliphatic heterocycles. The number of nitrogens with two attached hydrogens (primary N) is 1. The van der Waals surface area contributed by atoms with Crippen molar-refractivity contribution < 1.29 is 43.0 Å². The highest BCUT2D eigenvalue weighted by Crippen LogP contribution is 2.52. The minimum Gasteiger partial charge on any atom is -0.507 e. The van der Waals surface area contributed by atoms with Crippen LogP contribution < -0.4 is 10.6 Å². The first-order valence-electron chi connectivity index (χ1n) is 14.3. The summed E-state index contributed by atoms with van der Waals surface area (Å²) in [5, 5.41) is 23.2. The Morgan fingerprint density at radius 2 is 1.72 bits per heavy atom. The maximum atomic E-state index is 14.1. The molecule has 2 saturated carbocycles. The maximum Gasteiger partial charge on any atom is 0.269 e. The molecule has 5 rings (SSSR count). The second kappa shape index (κ2) is 10.9. The zero-order valence-corrected chi connectivity index (χ0v) is 24.5. The van der Waals surface area contributed by atoms with Crippen molar-refractivity contribution in [3.8, 4) is 5.75 Å². The molecule has 1 heterocycles. The van der Waals surface area contributed by atoms with E-state index in [4.69, 9.17) is 5.73 Å². The molecular formula is C30H36F2N4O7. The van der Waals surface area contributed by atoms with Crippen molar-refractivity contribution in [3.63, 3.8) is 0 Å². The van der Waals surface area contributed by atoms with Crippen LogP contribution in [0.5, 0.6) is 5.75 Å². The largest absolute Gasteiger partial charge is 0.507 e. The number of aromatic hydroxyl groups is 1. The Morgan fingerprint density at radius 3 is 2.26 bits per heavy atom. The fourth-order valence-electron chi connectivity index (χ4n) is 7.64. The van der Waals surface area contributed by atoms with Gasteiger partial charge >= 0.3 is 0 Å². The number of anilines is 1. The van der Waals surface area contributed by atoms with Gasteiger partial charge in [-0.25, -0.2) is 0 Å². The molecule has 232 valence electrons. The number of piperidine rings is 1. The number of nitrogens with zero attached hydrogens (tertiary/aromatic N) is 3. The number of halogens is 2. The number of amides is 1. The molecule has 0 aromatic heterocycles. The number of primary amides is 1. The third-order valence-electron chi connectivity index (χ3n) is 9.72. The SMILES string of the molecule is CN(C)c1cc(CN2CCC(=C(F)F)CC2)c(O)c2c1C[C@H]1C[C@H]3[C@H](N(C)C)C(=O)C(C(N)=O)C(=O)[C@@]3(O)C(=O)C1C2=O. The topological polar surface area (TPSA) is 162 Å². The Labute approximate surface area is 247 Å². The number of fused-ring (bicyclic) bond motifs is 3. The van der Waals surface area contributed by atoms with Crippen molar-refractivity contribution in [1.82, 2.24) is 9.80 Å². The molecule has 11 nitrogen and oxygen atoms in total. The van der Waals surface area contributed by atoms with Crippen molar-refractivity contribution in [3.05, 3.63) is 34.4 Å². The van der Waals surface area contributed by atoms with Gasteiger partial charge in [-0.2, -0.15) is 8.78 Å². The quantitative estimate of drug-likeness (QED) is 0.409. The van der Waals surface area contributed by atoms with E-state index in [0.717, 1.165) is 0 Å². The molecule has 3 aliphatic carbocycles. The molecule has 6 atom stereocenters. The monoisotopic (exact) mass is 602 g/mol. The molecule has 1 amide bonds.